The first-order valence-corrected chi connectivity index (χ1v) is 8.34. The van der Waals surface area contributed by atoms with Crippen molar-refractivity contribution in [2.24, 2.45) is 0 Å². The van der Waals surface area contributed by atoms with E-state index in [1.807, 2.05) is 0 Å². The number of hydrogen-bond acceptors (Lipinski definition) is 2. The van der Waals surface area contributed by atoms with E-state index in [0.29, 0.717) is 10.0 Å². The van der Waals surface area contributed by atoms with Gasteiger partial charge in [-0.05, 0) is 46.3 Å². The first-order chi connectivity index (χ1) is 11.9. The van der Waals surface area contributed by atoms with Gasteiger partial charge in [-0.2, -0.15) is 5.10 Å². The molecule has 25 heavy (non-hydrogen) atoms. The number of carbonyl (C=O) groups is 1. The van der Waals surface area contributed by atoms with Gasteiger partial charge in [0.1, 0.15) is 11.6 Å². The van der Waals surface area contributed by atoms with Crippen LogP contribution < -0.4 is 5.32 Å². The molecule has 1 aromatic heterocycles. The summed E-state index contributed by atoms with van der Waals surface area (Å²) in [4.78, 5) is 12.2. The molecule has 0 spiro atoms. The second kappa shape index (κ2) is 7.33. The van der Waals surface area contributed by atoms with Crippen LogP contribution in [0.4, 0.5) is 14.6 Å². The molecule has 128 valence electrons. The average molecular weight is 427 g/mol. The summed E-state index contributed by atoms with van der Waals surface area (Å²) in [7, 11) is 0. The molecule has 4 nitrogen and oxygen atoms in total. The minimum absolute atomic E-state index is 0.0972. The Hall–Kier alpha value is -2.25. The second-order valence-corrected chi connectivity index (χ2v) is 6.45. The maximum Gasteiger partial charge on any atom is 0.256 e. The van der Waals surface area contributed by atoms with E-state index in [1.165, 1.54) is 35.0 Å². The number of aromatic nitrogens is 2. The van der Waals surface area contributed by atoms with Crippen molar-refractivity contribution in [3.8, 4) is 0 Å². The molecule has 1 N–H and O–H groups in total. The summed E-state index contributed by atoms with van der Waals surface area (Å²) in [5, 5.41) is 7.06. The van der Waals surface area contributed by atoms with E-state index in [0.717, 1.165) is 6.07 Å². The molecule has 3 aromatic rings. The molecule has 0 saturated heterocycles. The van der Waals surface area contributed by atoms with Gasteiger partial charge in [-0.1, -0.05) is 23.7 Å². The lowest BCUT2D eigenvalue weighted by Crippen LogP contribution is -2.13. The summed E-state index contributed by atoms with van der Waals surface area (Å²) in [6.45, 7) is 0.0972. The topological polar surface area (TPSA) is 46.9 Å². The highest BCUT2D eigenvalue weighted by Crippen LogP contribution is 2.24. The Morgan fingerprint density at radius 1 is 1.24 bits per heavy atom. The van der Waals surface area contributed by atoms with Gasteiger partial charge in [-0.3, -0.25) is 9.48 Å². The van der Waals surface area contributed by atoms with Gasteiger partial charge < -0.3 is 5.32 Å². The third-order valence-electron chi connectivity index (χ3n) is 3.42. The zero-order valence-corrected chi connectivity index (χ0v) is 15.0. The summed E-state index contributed by atoms with van der Waals surface area (Å²) >= 11 is 9.29. The van der Waals surface area contributed by atoms with Crippen molar-refractivity contribution in [2.75, 3.05) is 5.32 Å². The molecule has 1 amide bonds. The average Bonchev–Trinajstić information content (AvgIpc) is 2.90. The lowest BCUT2D eigenvalue weighted by Gasteiger charge is -2.06. The van der Waals surface area contributed by atoms with Crippen molar-refractivity contribution in [3.05, 3.63) is 80.9 Å². The van der Waals surface area contributed by atoms with Crippen molar-refractivity contribution in [2.45, 2.75) is 6.54 Å². The van der Waals surface area contributed by atoms with Crippen molar-refractivity contribution in [3.63, 3.8) is 0 Å². The molecule has 0 atom stereocenters. The molecule has 0 aliphatic rings. The van der Waals surface area contributed by atoms with Gasteiger partial charge in [0, 0.05) is 22.3 Å². The maximum atomic E-state index is 13.9. The van der Waals surface area contributed by atoms with Crippen molar-refractivity contribution >= 4 is 39.3 Å². The Kier molecular flexibility index (Phi) is 5.15. The van der Waals surface area contributed by atoms with Crippen LogP contribution in [0.2, 0.25) is 5.02 Å². The van der Waals surface area contributed by atoms with E-state index in [1.54, 1.807) is 12.3 Å². The molecule has 1 heterocycles. The number of nitrogens with zero attached hydrogens (tertiary/aromatic N) is 2. The fraction of sp³-hybridized carbons (Fsp3) is 0.0588. The predicted octanol–water partition coefficient (Wildman–Crippen LogP) is 4.88. The van der Waals surface area contributed by atoms with E-state index < -0.39 is 17.5 Å². The first kappa shape index (κ1) is 17.6. The van der Waals surface area contributed by atoms with E-state index in [4.69, 9.17) is 11.6 Å². The lowest BCUT2D eigenvalue weighted by molar-refractivity contribution is 0.102. The van der Waals surface area contributed by atoms with Gasteiger partial charge in [0.25, 0.3) is 5.91 Å². The number of amides is 1. The van der Waals surface area contributed by atoms with Gasteiger partial charge in [-0.25, -0.2) is 8.78 Å². The van der Waals surface area contributed by atoms with Crippen LogP contribution in [-0.2, 0) is 6.54 Å². The van der Waals surface area contributed by atoms with Crippen molar-refractivity contribution in [1.29, 1.82) is 0 Å². The van der Waals surface area contributed by atoms with Crippen molar-refractivity contribution in [1.82, 2.24) is 9.78 Å². The number of carbonyl (C=O) groups excluding carboxylic acids is 1. The molecule has 0 fully saturated rings. The number of benzene rings is 2. The zero-order chi connectivity index (χ0) is 18.0. The zero-order valence-electron chi connectivity index (χ0n) is 12.6. The van der Waals surface area contributed by atoms with Crippen LogP contribution >= 0.6 is 27.5 Å². The summed E-state index contributed by atoms with van der Waals surface area (Å²) in [5.74, 6) is -1.22. The van der Waals surface area contributed by atoms with Crippen molar-refractivity contribution < 1.29 is 13.6 Å². The van der Waals surface area contributed by atoms with Crippen LogP contribution in [0.3, 0.4) is 0 Å². The fourth-order valence-electron chi connectivity index (χ4n) is 2.22. The normalized spacial score (nSPS) is 10.7. The molecule has 0 radical (unpaired) electrons. The molecule has 3 rings (SSSR count). The largest absolute Gasteiger partial charge is 0.304 e. The van der Waals surface area contributed by atoms with Crippen LogP contribution in [0.15, 0.2) is 53.1 Å². The van der Waals surface area contributed by atoms with Gasteiger partial charge >= 0.3 is 0 Å². The third kappa shape index (κ3) is 4.05. The quantitative estimate of drug-likeness (QED) is 0.646. The molecule has 8 heteroatoms. The molecule has 0 unspecified atom stereocenters. The number of hydrogen-bond donors (Lipinski definition) is 1. The molecular formula is C17H11BrClF2N3O. The predicted molar refractivity (Wildman–Crippen MR) is 94.8 cm³/mol. The highest BCUT2D eigenvalue weighted by molar-refractivity contribution is 9.10. The Balaban J connectivity index is 1.80. The second-order valence-electron chi connectivity index (χ2n) is 5.19. The van der Waals surface area contributed by atoms with Crippen LogP contribution in [0.5, 0.6) is 0 Å². The number of halogens is 4. The number of rotatable bonds is 4. The summed E-state index contributed by atoms with van der Waals surface area (Å²) in [6.07, 6.45) is 1.59. The number of nitrogens with one attached hydrogen (secondary N) is 1. The van der Waals surface area contributed by atoms with Gasteiger partial charge in [0.05, 0.1) is 11.0 Å². The number of anilines is 1. The SMILES string of the molecule is O=C(Nc1nn(Cc2c(F)cccc2Cl)cc1Br)c1cccc(F)c1. The minimum atomic E-state index is -0.508. The van der Waals surface area contributed by atoms with Gasteiger partial charge in [0.2, 0.25) is 0 Å². The van der Waals surface area contributed by atoms with E-state index in [-0.39, 0.29) is 22.9 Å². The van der Waals surface area contributed by atoms with Gasteiger partial charge in [-0.15, -0.1) is 0 Å². The molecule has 0 bridgehead atoms. The van der Waals surface area contributed by atoms with E-state index >= 15 is 0 Å². The molecule has 0 aliphatic carbocycles. The monoisotopic (exact) mass is 425 g/mol. The van der Waals surface area contributed by atoms with E-state index in [9.17, 15) is 13.6 Å². The smallest absolute Gasteiger partial charge is 0.256 e. The Morgan fingerprint density at radius 2 is 2.00 bits per heavy atom. The Morgan fingerprint density at radius 3 is 2.72 bits per heavy atom. The molecule has 0 aliphatic heterocycles. The Bertz CT molecular complexity index is 925. The lowest BCUT2D eigenvalue weighted by atomic mass is 10.2. The summed E-state index contributed by atoms with van der Waals surface area (Å²) < 4.78 is 29.0. The van der Waals surface area contributed by atoms with Crippen LogP contribution in [-0.4, -0.2) is 15.7 Å². The highest BCUT2D eigenvalue weighted by atomic mass is 79.9. The third-order valence-corrected chi connectivity index (χ3v) is 4.35. The van der Waals surface area contributed by atoms with Gasteiger partial charge in [0.15, 0.2) is 5.82 Å². The van der Waals surface area contributed by atoms with Crippen LogP contribution in [0, 0.1) is 11.6 Å². The molecule has 0 saturated carbocycles. The van der Waals surface area contributed by atoms with Crippen LogP contribution in [0.1, 0.15) is 15.9 Å². The minimum Gasteiger partial charge on any atom is -0.304 e. The first-order valence-electron chi connectivity index (χ1n) is 7.17. The molecular weight excluding hydrogens is 416 g/mol. The van der Waals surface area contributed by atoms with Crippen LogP contribution in [0.25, 0.3) is 0 Å². The highest BCUT2D eigenvalue weighted by Gasteiger charge is 2.14. The Labute approximate surface area is 155 Å². The maximum absolute atomic E-state index is 13.9. The summed E-state index contributed by atoms with van der Waals surface area (Å²) in [5.41, 5.74) is 0.459. The fourth-order valence-corrected chi connectivity index (χ4v) is 2.86. The summed E-state index contributed by atoms with van der Waals surface area (Å²) in [6, 6.07) is 9.72. The molecule has 2 aromatic carbocycles. The standard InChI is InChI=1S/C17H11BrClF2N3O/c18-13-9-24(8-12-14(19)5-2-6-15(12)21)23-16(13)22-17(25)10-3-1-4-11(20)7-10/h1-7,9H,8H2,(H,22,23,25). The van der Waals surface area contributed by atoms with E-state index in [2.05, 4.69) is 26.3 Å².